The number of anilines is 1. The maximum atomic E-state index is 11.9. The third-order valence-corrected chi connectivity index (χ3v) is 3.30. The van der Waals surface area contributed by atoms with Gasteiger partial charge >= 0.3 is 0 Å². The van der Waals surface area contributed by atoms with E-state index in [0.717, 1.165) is 11.3 Å². The Morgan fingerprint density at radius 2 is 1.82 bits per heavy atom. The van der Waals surface area contributed by atoms with Crippen LogP contribution >= 0.6 is 11.6 Å². The topological polar surface area (TPSA) is 58.2 Å². The van der Waals surface area contributed by atoms with Crippen LogP contribution in [-0.4, -0.2) is 18.4 Å². The van der Waals surface area contributed by atoms with Crippen LogP contribution in [0, 0.1) is 6.92 Å². The average molecular weight is 317 g/mol. The molecule has 0 radical (unpaired) electrons. The van der Waals surface area contributed by atoms with Gasteiger partial charge < -0.3 is 10.6 Å². The second-order valence-corrected chi connectivity index (χ2v) is 5.37. The van der Waals surface area contributed by atoms with Crippen molar-refractivity contribution in [3.63, 3.8) is 0 Å². The van der Waals surface area contributed by atoms with Crippen LogP contribution in [0.5, 0.6) is 0 Å². The monoisotopic (exact) mass is 316 g/mol. The molecule has 2 amide bonds. The third kappa shape index (κ3) is 4.90. The molecule has 0 aliphatic heterocycles. The van der Waals surface area contributed by atoms with E-state index in [4.69, 9.17) is 11.6 Å². The maximum absolute atomic E-state index is 11.9. The number of halogens is 1. The lowest BCUT2D eigenvalue weighted by molar-refractivity contribution is -0.116. The lowest BCUT2D eigenvalue weighted by atomic mass is 10.2. The molecule has 0 heterocycles. The molecule has 0 fully saturated rings. The van der Waals surface area contributed by atoms with E-state index < -0.39 is 0 Å². The number of carbonyl (C=O) groups excluding carboxylic acids is 2. The summed E-state index contributed by atoms with van der Waals surface area (Å²) in [5.74, 6) is -0.359. The van der Waals surface area contributed by atoms with E-state index in [9.17, 15) is 9.59 Å². The molecule has 114 valence electrons. The fraction of sp³-hybridized carbons (Fsp3) is 0.176. The van der Waals surface area contributed by atoms with E-state index in [1.165, 1.54) is 0 Å². The predicted molar refractivity (Wildman–Crippen MR) is 88.2 cm³/mol. The van der Waals surface area contributed by atoms with Crippen LogP contribution in [-0.2, 0) is 4.79 Å². The molecule has 0 saturated carbocycles. The molecule has 0 atom stereocenters. The van der Waals surface area contributed by atoms with Crippen molar-refractivity contribution in [3.8, 4) is 0 Å². The Morgan fingerprint density at radius 3 is 2.50 bits per heavy atom. The summed E-state index contributed by atoms with van der Waals surface area (Å²) in [5.41, 5.74) is 2.35. The summed E-state index contributed by atoms with van der Waals surface area (Å²) in [5, 5.41) is 6.08. The Balaban J connectivity index is 1.77. The Hall–Kier alpha value is -2.33. The zero-order valence-electron chi connectivity index (χ0n) is 12.2. The van der Waals surface area contributed by atoms with Crippen LogP contribution in [0.4, 0.5) is 5.69 Å². The van der Waals surface area contributed by atoms with Gasteiger partial charge in [-0.05, 0) is 48.9 Å². The van der Waals surface area contributed by atoms with Gasteiger partial charge in [0.25, 0.3) is 5.91 Å². The van der Waals surface area contributed by atoms with Crippen molar-refractivity contribution >= 4 is 29.1 Å². The molecule has 5 heteroatoms. The fourth-order valence-corrected chi connectivity index (χ4v) is 2.07. The van der Waals surface area contributed by atoms with E-state index in [-0.39, 0.29) is 24.8 Å². The molecule has 0 saturated heterocycles. The van der Waals surface area contributed by atoms with Gasteiger partial charge in [-0.1, -0.05) is 23.7 Å². The van der Waals surface area contributed by atoms with Crippen molar-refractivity contribution in [2.24, 2.45) is 0 Å². The van der Waals surface area contributed by atoms with Crippen molar-refractivity contribution in [2.45, 2.75) is 13.3 Å². The van der Waals surface area contributed by atoms with Crippen molar-refractivity contribution in [2.75, 3.05) is 11.9 Å². The summed E-state index contributed by atoms with van der Waals surface area (Å²) < 4.78 is 0. The number of aryl methyl sites for hydroxylation is 1. The molecule has 0 unspecified atom stereocenters. The molecule has 4 nitrogen and oxygen atoms in total. The van der Waals surface area contributed by atoms with Crippen molar-refractivity contribution in [1.82, 2.24) is 5.32 Å². The summed E-state index contributed by atoms with van der Waals surface area (Å²) >= 11 is 5.77. The molecular weight excluding hydrogens is 300 g/mol. The van der Waals surface area contributed by atoms with Crippen molar-refractivity contribution in [1.29, 1.82) is 0 Å². The quantitative estimate of drug-likeness (QED) is 0.888. The summed E-state index contributed by atoms with van der Waals surface area (Å²) in [6, 6.07) is 14.2. The average Bonchev–Trinajstić information content (AvgIpc) is 2.47. The number of carbonyl (C=O) groups is 2. The van der Waals surface area contributed by atoms with E-state index in [1.54, 1.807) is 24.3 Å². The van der Waals surface area contributed by atoms with Gasteiger partial charge in [0.05, 0.1) is 0 Å². The minimum atomic E-state index is -0.222. The van der Waals surface area contributed by atoms with E-state index in [1.807, 2.05) is 31.2 Å². The first kappa shape index (κ1) is 16.0. The Bertz CT molecular complexity index is 669. The molecule has 2 aromatic carbocycles. The largest absolute Gasteiger partial charge is 0.352 e. The SMILES string of the molecule is Cc1cccc(NC(=O)CCNC(=O)c2ccc(Cl)cc2)c1. The smallest absolute Gasteiger partial charge is 0.251 e. The number of nitrogens with one attached hydrogen (secondary N) is 2. The van der Waals surface area contributed by atoms with Gasteiger partial charge in [-0.25, -0.2) is 0 Å². The van der Waals surface area contributed by atoms with Crippen molar-refractivity contribution in [3.05, 3.63) is 64.7 Å². The second kappa shape index (κ2) is 7.61. The Morgan fingerprint density at radius 1 is 1.09 bits per heavy atom. The van der Waals surface area contributed by atoms with Crippen LogP contribution in [0.2, 0.25) is 5.02 Å². The molecule has 0 aliphatic carbocycles. The molecule has 22 heavy (non-hydrogen) atoms. The van der Waals surface area contributed by atoms with Gasteiger partial charge in [-0.2, -0.15) is 0 Å². The van der Waals surface area contributed by atoms with Gasteiger partial charge in [0.1, 0.15) is 0 Å². The number of amides is 2. The van der Waals surface area contributed by atoms with E-state index in [2.05, 4.69) is 10.6 Å². The normalized spacial score (nSPS) is 10.1. The number of benzene rings is 2. The molecule has 2 aromatic rings. The Labute approximate surface area is 134 Å². The van der Waals surface area contributed by atoms with Crippen LogP contribution in [0.1, 0.15) is 22.3 Å². The molecule has 0 spiro atoms. The first-order valence-corrected chi connectivity index (χ1v) is 7.33. The molecule has 2 rings (SSSR count). The standard InChI is InChI=1S/C17H17ClN2O2/c1-12-3-2-4-15(11-12)20-16(21)9-10-19-17(22)13-5-7-14(18)8-6-13/h2-8,11H,9-10H2,1H3,(H,19,22)(H,20,21). The van der Waals surface area contributed by atoms with Gasteiger partial charge in [0.2, 0.25) is 5.91 Å². The molecule has 0 aliphatic rings. The third-order valence-electron chi connectivity index (χ3n) is 3.05. The summed E-state index contributed by atoms with van der Waals surface area (Å²) in [6.07, 6.45) is 0.216. The predicted octanol–water partition coefficient (Wildman–Crippen LogP) is 3.41. The minimum Gasteiger partial charge on any atom is -0.352 e. The molecule has 2 N–H and O–H groups in total. The zero-order valence-corrected chi connectivity index (χ0v) is 13.0. The van der Waals surface area contributed by atoms with Gasteiger partial charge in [0.15, 0.2) is 0 Å². The van der Waals surface area contributed by atoms with Crippen LogP contribution in [0.3, 0.4) is 0 Å². The van der Waals surface area contributed by atoms with Crippen LogP contribution < -0.4 is 10.6 Å². The molecular formula is C17H17ClN2O2. The van der Waals surface area contributed by atoms with Gasteiger partial charge in [-0.15, -0.1) is 0 Å². The summed E-state index contributed by atoms with van der Waals surface area (Å²) in [7, 11) is 0. The van der Waals surface area contributed by atoms with E-state index >= 15 is 0 Å². The van der Waals surface area contributed by atoms with Crippen LogP contribution in [0.25, 0.3) is 0 Å². The van der Waals surface area contributed by atoms with Gasteiger partial charge in [-0.3, -0.25) is 9.59 Å². The maximum Gasteiger partial charge on any atom is 0.251 e. The highest BCUT2D eigenvalue weighted by atomic mass is 35.5. The zero-order chi connectivity index (χ0) is 15.9. The van der Waals surface area contributed by atoms with Crippen LogP contribution in [0.15, 0.2) is 48.5 Å². The first-order chi connectivity index (χ1) is 10.5. The lowest BCUT2D eigenvalue weighted by Gasteiger charge is -2.07. The number of hydrogen-bond acceptors (Lipinski definition) is 2. The fourth-order valence-electron chi connectivity index (χ4n) is 1.94. The second-order valence-electron chi connectivity index (χ2n) is 4.93. The lowest BCUT2D eigenvalue weighted by Crippen LogP contribution is -2.27. The Kier molecular flexibility index (Phi) is 5.55. The number of rotatable bonds is 5. The summed E-state index contributed by atoms with van der Waals surface area (Å²) in [4.78, 5) is 23.7. The van der Waals surface area contributed by atoms with Crippen molar-refractivity contribution < 1.29 is 9.59 Å². The first-order valence-electron chi connectivity index (χ1n) is 6.95. The number of hydrogen-bond donors (Lipinski definition) is 2. The highest BCUT2D eigenvalue weighted by molar-refractivity contribution is 6.30. The highest BCUT2D eigenvalue weighted by Gasteiger charge is 2.07. The molecule has 0 bridgehead atoms. The van der Waals surface area contributed by atoms with Gasteiger partial charge in [0, 0.05) is 29.2 Å². The summed E-state index contributed by atoms with van der Waals surface area (Å²) in [6.45, 7) is 2.24. The van der Waals surface area contributed by atoms with E-state index in [0.29, 0.717) is 10.6 Å². The molecule has 0 aromatic heterocycles. The minimum absolute atomic E-state index is 0.137. The highest BCUT2D eigenvalue weighted by Crippen LogP contribution is 2.10.